The molecule has 4 N–H and O–H groups in total. The zero-order valence-corrected chi connectivity index (χ0v) is 18.9. The van der Waals surface area contributed by atoms with Crippen molar-refractivity contribution in [1.82, 2.24) is 5.32 Å². The predicted molar refractivity (Wildman–Crippen MR) is 130 cm³/mol. The molecule has 0 saturated carbocycles. The van der Waals surface area contributed by atoms with Gasteiger partial charge in [-0.3, -0.25) is 10.1 Å². The van der Waals surface area contributed by atoms with Gasteiger partial charge in [0.05, 0.1) is 6.42 Å². The van der Waals surface area contributed by atoms with Crippen molar-refractivity contribution in [3.05, 3.63) is 89.5 Å². The average Bonchev–Trinajstić information content (AvgIpc) is 3.17. The van der Waals surface area contributed by atoms with E-state index in [1.54, 1.807) is 24.3 Å². The van der Waals surface area contributed by atoms with E-state index in [9.17, 15) is 14.4 Å². The van der Waals surface area contributed by atoms with Gasteiger partial charge in [-0.15, -0.1) is 0 Å². The topological polar surface area (TPSA) is 125 Å². The molecular formula is C27H26N2O6. The van der Waals surface area contributed by atoms with E-state index < -0.39 is 24.0 Å². The molecule has 3 aromatic carbocycles. The first kappa shape index (κ1) is 24.0. The third-order valence-corrected chi connectivity index (χ3v) is 5.96. The van der Waals surface area contributed by atoms with Crippen LogP contribution in [-0.2, 0) is 20.7 Å². The van der Waals surface area contributed by atoms with Crippen molar-refractivity contribution in [1.29, 1.82) is 0 Å². The molecule has 0 fully saturated rings. The lowest BCUT2D eigenvalue weighted by atomic mass is 9.98. The molecule has 35 heavy (non-hydrogen) atoms. The Morgan fingerprint density at radius 2 is 1.49 bits per heavy atom. The van der Waals surface area contributed by atoms with Crippen LogP contribution in [0, 0.1) is 0 Å². The molecule has 0 aromatic heterocycles. The summed E-state index contributed by atoms with van der Waals surface area (Å²) in [5.41, 5.74) is 5.73. The number of ether oxygens (including phenoxy) is 1. The molecule has 2 amide bonds. The highest BCUT2D eigenvalue weighted by molar-refractivity contribution is 5.86. The number of anilines is 1. The molecule has 0 heterocycles. The van der Waals surface area contributed by atoms with Gasteiger partial charge in [-0.1, -0.05) is 60.7 Å². The fourth-order valence-electron chi connectivity index (χ4n) is 4.28. The van der Waals surface area contributed by atoms with Crippen molar-refractivity contribution in [2.45, 2.75) is 24.8 Å². The molecule has 1 atom stereocenters. The lowest BCUT2D eigenvalue weighted by Crippen LogP contribution is -2.42. The van der Waals surface area contributed by atoms with Gasteiger partial charge in [-0.25, -0.2) is 9.59 Å². The summed E-state index contributed by atoms with van der Waals surface area (Å²) in [5, 5.41) is 23.1. The maximum atomic E-state index is 12.4. The number of carbonyl (C=O) groups is 3. The van der Waals surface area contributed by atoms with Crippen molar-refractivity contribution in [2.24, 2.45) is 0 Å². The van der Waals surface area contributed by atoms with Crippen molar-refractivity contribution < 1.29 is 29.3 Å². The standard InChI is InChI=1S/C27H26N2O6/c30-14-13-24(26(32)33)29-25(31)15-17-9-11-18(12-10-17)28-27(34)35-16-23-21-7-3-1-5-19(21)20-6-2-4-8-22(20)23/h1-12,23-24,30H,13-16H2,(H,28,34)(H,29,31)(H,32,33)/t24-/m1/s1. The number of fused-ring (bicyclic) bond motifs is 3. The van der Waals surface area contributed by atoms with Crippen LogP contribution in [0.25, 0.3) is 11.1 Å². The molecule has 1 aliphatic carbocycles. The van der Waals surface area contributed by atoms with Gasteiger partial charge in [-0.2, -0.15) is 0 Å². The first-order chi connectivity index (χ1) is 17.0. The number of aliphatic hydroxyl groups is 1. The summed E-state index contributed by atoms with van der Waals surface area (Å²) in [7, 11) is 0. The van der Waals surface area contributed by atoms with E-state index in [4.69, 9.17) is 14.9 Å². The highest BCUT2D eigenvalue weighted by Crippen LogP contribution is 2.44. The van der Waals surface area contributed by atoms with Crippen LogP contribution in [0.15, 0.2) is 72.8 Å². The third kappa shape index (κ3) is 5.67. The van der Waals surface area contributed by atoms with Crippen LogP contribution in [0.4, 0.5) is 10.5 Å². The highest BCUT2D eigenvalue weighted by Gasteiger charge is 2.29. The number of aliphatic carboxylic acids is 1. The van der Waals surface area contributed by atoms with E-state index in [-0.39, 0.29) is 32.0 Å². The van der Waals surface area contributed by atoms with Crippen molar-refractivity contribution in [2.75, 3.05) is 18.5 Å². The summed E-state index contributed by atoms with van der Waals surface area (Å²) in [6, 6.07) is 21.7. The number of carboxylic acid groups (broad SMARTS) is 1. The Kier molecular flexibility index (Phi) is 7.42. The second-order valence-electron chi connectivity index (χ2n) is 8.29. The zero-order valence-electron chi connectivity index (χ0n) is 18.9. The summed E-state index contributed by atoms with van der Waals surface area (Å²) in [5.74, 6) is -1.70. The van der Waals surface area contributed by atoms with Gasteiger partial charge in [0, 0.05) is 24.6 Å². The van der Waals surface area contributed by atoms with E-state index in [2.05, 4.69) is 34.9 Å². The van der Waals surface area contributed by atoms with E-state index in [0.717, 1.165) is 22.3 Å². The van der Waals surface area contributed by atoms with Crippen LogP contribution >= 0.6 is 0 Å². The Labute approximate surface area is 202 Å². The van der Waals surface area contributed by atoms with Crippen LogP contribution in [0.3, 0.4) is 0 Å². The first-order valence-electron chi connectivity index (χ1n) is 11.3. The van der Waals surface area contributed by atoms with E-state index >= 15 is 0 Å². The SMILES string of the molecule is O=C(Cc1ccc(NC(=O)OCC2c3ccccc3-c3ccccc32)cc1)N[C@H](CCO)C(=O)O. The minimum Gasteiger partial charge on any atom is -0.480 e. The Bertz CT molecular complexity index is 1180. The number of carboxylic acids is 1. The number of carbonyl (C=O) groups excluding carboxylic acids is 2. The Balaban J connectivity index is 1.31. The van der Waals surface area contributed by atoms with Gasteiger partial charge in [-0.05, 0) is 39.9 Å². The molecule has 0 saturated heterocycles. The van der Waals surface area contributed by atoms with Crippen LogP contribution in [-0.4, -0.2) is 47.4 Å². The van der Waals surface area contributed by atoms with Gasteiger partial charge >= 0.3 is 12.1 Å². The molecular weight excluding hydrogens is 448 g/mol. The predicted octanol–water partition coefficient (Wildman–Crippen LogP) is 3.54. The summed E-state index contributed by atoms with van der Waals surface area (Å²) in [6.07, 6.45) is -0.671. The molecule has 4 rings (SSSR count). The molecule has 180 valence electrons. The van der Waals surface area contributed by atoms with Crippen molar-refractivity contribution in [3.8, 4) is 11.1 Å². The third-order valence-electron chi connectivity index (χ3n) is 5.96. The lowest BCUT2D eigenvalue weighted by Gasteiger charge is -2.15. The largest absolute Gasteiger partial charge is 0.480 e. The number of nitrogens with one attached hydrogen (secondary N) is 2. The quantitative estimate of drug-likeness (QED) is 0.376. The van der Waals surface area contributed by atoms with Crippen molar-refractivity contribution in [3.63, 3.8) is 0 Å². The number of benzene rings is 3. The average molecular weight is 475 g/mol. The second kappa shape index (κ2) is 10.8. The Morgan fingerprint density at radius 1 is 0.886 bits per heavy atom. The number of hydrogen-bond donors (Lipinski definition) is 4. The highest BCUT2D eigenvalue weighted by atomic mass is 16.5. The summed E-state index contributed by atoms with van der Waals surface area (Å²) in [4.78, 5) is 35.6. The molecule has 0 unspecified atom stereocenters. The summed E-state index contributed by atoms with van der Waals surface area (Å²) < 4.78 is 5.54. The van der Waals surface area contributed by atoms with Gasteiger partial charge in [0.25, 0.3) is 0 Å². The summed E-state index contributed by atoms with van der Waals surface area (Å²) >= 11 is 0. The molecule has 1 aliphatic rings. The Hall–Kier alpha value is -4.17. The van der Waals surface area contributed by atoms with Crippen LogP contribution in [0.2, 0.25) is 0 Å². The van der Waals surface area contributed by atoms with E-state index in [0.29, 0.717) is 11.3 Å². The van der Waals surface area contributed by atoms with Gasteiger partial charge in [0.2, 0.25) is 5.91 Å². The molecule has 8 nitrogen and oxygen atoms in total. The fraction of sp³-hybridized carbons (Fsp3) is 0.222. The van der Waals surface area contributed by atoms with Crippen LogP contribution < -0.4 is 10.6 Å². The van der Waals surface area contributed by atoms with E-state index in [1.165, 1.54) is 0 Å². The zero-order chi connectivity index (χ0) is 24.8. The molecule has 3 aromatic rings. The number of amides is 2. The normalized spacial score (nSPS) is 12.8. The molecule has 8 heteroatoms. The van der Waals surface area contributed by atoms with Gasteiger partial charge in [0.1, 0.15) is 12.6 Å². The minimum atomic E-state index is -1.20. The molecule has 0 radical (unpaired) electrons. The lowest BCUT2D eigenvalue weighted by molar-refractivity contribution is -0.142. The van der Waals surface area contributed by atoms with Gasteiger partial charge in [0.15, 0.2) is 0 Å². The number of rotatable bonds is 9. The summed E-state index contributed by atoms with van der Waals surface area (Å²) in [6.45, 7) is -0.135. The Morgan fingerprint density at radius 3 is 2.06 bits per heavy atom. The second-order valence-corrected chi connectivity index (χ2v) is 8.29. The minimum absolute atomic E-state index is 0.0273. The van der Waals surface area contributed by atoms with Crippen molar-refractivity contribution >= 4 is 23.7 Å². The number of hydrogen-bond acceptors (Lipinski definition) is 5. The van der Waals surface area contributed by atoms with Crippen LogP contribution in [0.5, 0.6) is 0 Å². The molecule has 0 aliphatic heterocycles. The van der Waals surface area contributed by atoms with Crippen LogP contribution in [0.1, 0.15) is 29.0 Å². The smallest absolute Gasteiger partial charge is 0.411 e. The molecule has 0 spiro atoms. The maximum Gasteiger partial charge on any atom is 0.411 e. The monoisotopic (exact) mass is 474 g/mol. The first-order valence-corrected chi connectivity index (χ1v) is 11.3. The fourth-order valence-corrected chi connectivity index (χ4v) is 4.28. The maximum absolute atomic E-state index is 12.4. The van der Waals surface area contributed by atoms with E-state index in [1.807, 2.05) is 24.3 Å². The molecule has 0 bridgehead atoms. The number of aliphatic hydroxyl groups excluding tert-OH is 1. The van der Waals surface area contributed by atoms with Gasteiger partial charge < -0.3 is 20.3 Å².